The van der Waals surface area contributed by atoms with Crippen LogP contribution >= 0.6 is 12.6 Å². The van der Waals surface area contributed by atoms with E-state index in [1.807, 2.05) is 0 Å². The van der Waals surface area contributed by atoms with Crippen molar-refractivity contribution >= 4 is 48.2 Å². The Balaban J connectivity index is 5.35. The van der Waals surface area contributed by atoms with Gasteiger partial charge >= 0.3 is 11.9 Å². The predicted molar refractivity (Wildman–Crippen MR) is 102 cm³/mol. The molecule has 0 rings (SSSR count). The number of rotatable bonds is 14. The number of hydrogen-bond acceptors (Lipinski definition) is 8. The second-order valence-corrected chi connectivity index (χ2v) is 6.27. The zero-order valence-corrected chi connectivity index (χ0v) is 16.3. The minimum absolute atomic E-state index is 0.231. The Bertz CT molecular complexity index is 644. The van der Waals surface area contributed by atoms with Crippen LogP contribution in [0.5, 0.6) is 0 Å². The summed E-state index contributed by atoms with van der Waals surface area (Å²) in [5.74, 6) is -6.12. The van der Waals surface area contributed by atoms with Gasteiger partial charge in [0.15, 0.2) is 0 Å². The van der Waals surface area contributed by atoms with Gasteiger partial charge in [-0.1, -0.05) is 0 Å². The van der Waals surface area contributed by atoms with Gasteiger partial charge < -0.3 is 37.6 Å². The molecule has 164 valence electrons. The Morgan fingerprint density at radius 3 is 1.72 bits per heavy atom. The van der Waals surface area contributed by atoms with Crippen LogP contribution in [0.25, 0.3) is 0 Å². The molecule has 3 atom stereocenters. The Morgan fingerprint density at radius 2 is 1.31 bits per heavy atom. The van der Waals surface area contributed by atoms with Crippen molar-refractivity contribution in [3.8, 4) is 0 Å². The van der Waals surface area contributed by atoms with Crippen LogP contribution in [0.1, 0.15) is 25.7 Å². The number of primary amides is 1. The molecule has 9 N–H and O–H groups in total. The first-order chi connectivity index (χ1) is 13.5. The van der Waals surface area contributed by atoms with E-state index in [1.54, 1.807) is 0 Å². The topological polar surface area (TPSA) is 231 Å². The largest absolute Gasteiger partial charge is 0.481 e. The quantitative estimate of drug-likeness (QED) is 0.127. The minimum Gasteiger partial charge on any atom is -0.481 e. The SMILES string of the molecule is NCC(=O)NC(CCC(=O)O)C(=O)NC(CCC(N)=O)C(=O)NC(CS)C(=O)O. The van der Waals surface area contributed by atoms with Crippen molar-refractivity contribution in [1.29, 1.82) is 0 Å². The number of carbonyl (C=O) groups excluding carboxylic acids is 4. The Morgan fingerprint density at radius 1 is 0.828 bits per heavy atom. The maximum Gasteiger partial charge on any atom is 0.327 e. The molecule has 0 aromatic rings. The molecule has 29 heavy (non-hydrogen) atoms. The van der Waals surface area contributed by atoms with Crippen LogP contribution in [0.3, 0.4) is 0 Å². The lowest BCUT2D eigenvalue weighted by atomic mass is 10.1. The first-order valence-corrected chi connectivity index (χ1v) is 9.09. The molecule has 0 aromatic carbocycles. The zero-order chi connectivity index (χ0) is 22.6. The van der Waals surface area contributed by atoms with Crippen LogP contribution in [0.15, 0.2) is 0 Å². The summed E-state index contributed by atoms with van der Waals surface area (Å²) in [6.07, 6.45) is -1.29. The molecule has 4 amide bonds. The zero-order valence-electron chi connectivity index (χ0n) is 15.4. The first-order valence-electron chi connectivity index (χ1n) is 8.45. The predicted octanol–water partition coefficient (Wildman–Crippen LogP) is -3.46. The average molecular weight is 435 g/mol. The third-order valence-corrected chi connectivity index (χ3v) is 3.96. The van der Waals surface area contributed by atoms with Gasteiger partial charge in [0.05, 0.1) is 6.54 Å². The van der Waals surface area contributed by atoms with Gasteiger partial charge in [0.25, 0.3) is 0 Å². The molecule has 14 heteroatoms. The standard InChI is InChI=1S/C15H25N5O8S/c16-5-11(22)18-7(2-4-12(23)24)13(25)19-8(1-3-10(17)21)14(26)20-9(6-29)15(27)28/h7-9,29H,1-6,16H2,(H2,17,21)(H,18,22)(H,19,25)(H,20,26)(H,23,24)(H,27,28). The van der Waals surface area contributed by atoms with Crippen LogP contribution in [0.4, 0.5) is 0 Å². The van der Waals surface area contributed by atoms with Gasteiger partial charge in [-0.2, -0.15) is 12.6 Å². The van der Waals surface area contributed by atoms with E-state index in [9.17, 15) is 28.8 Å². The van der Waals surface area contributed by atoms with Crippen LogP contribution in [0.2, 0.25) is 0 Å². The summed E-state index contributed by atoms with van der Waals surface area (Å²) in [5, 5.41) is 24.4. The Kier molecular flexibility index (Phi) is 12.0. The second kappa shape index (κ2) is 13.3. The summed E-state index contributed by atoms with van der Waals surface area (Å²) in [7, 11) is 0. The van der Waals surface area contributed by atoms with E-state index in [1.165, 1.54) is 0 Å². The number of thiol groups is 1. The molecule has 0 fully saturated rings. The van der Waals surface area contributed by atoms with Crippen molar-refractivity contribution in [2.24, 2.45) is 11.5 Å². The summed E-state index contributed by atoms with van der Waals surface area (Å²) in [4.78, 5) is 69.2. The van der Waals surface area contributed by atoms with Crippen molar-refractivity contribution in [1.82, 2.24) is 16.0 Å². The summed E-state index contributed by atoms with van der Waals surface area (Å²) < 4.78 is 0. The Hall–Kier alpha value is -2.87. The molecule has 0 spiro atoms. The number of amides is 4. The van der Waals surface area contributed by atoms with E-state index in [-0.39, 0.29) is 25.0 Å². The van der Waals surface area contributed by atoms with Crippen LogP contribution in [0, 0.1) is 0 Å². The van der Waals surface area contributed by atoms with Crippen molar-refractivity contribution < 1.29 is 39.0 Å². The highest BCUT2D eigenvalue weighted by atomic mass is 32.1. The van der Waals surface area contributed by atoms with Gasteiger partial charge in [0.1, 0.15) is 18.1 Å². The molecule has 3 unspecified atom stereocenters. The summed E-state index contributed by atoms with van der Waals surface area (Å²) >= 11 is 3.81. The number of nitrogens with two attached hydrogens (primary N) is 2. The highest BCUT2D eigenvalue weighted by molar-refractivity contribution is 7.80. The monoisotopic (exact) mass is 435 g/mol. The molecule has 0 aliphatic rings. The van der Waals surface area contributed by atoms with Gasteiger partial charge in [-0.3, -0.25) is 24.0 Å². The van der Waals surface area contributed by atoms with Crippen LogP contribution < -0.4 is 27.4 Å². The van der Waals surface area contributed by atoms with E-state index < -0.39 is 66.7 Å². The van der Waals surface area contributed by atoms with Crippen molar-refractivity contribution in [3.63, 3.8) is 0 Å². The van der Waals surface area contributed by atoms with Crippen molar-refractivity contribution in [2.45, 2.75) is 43.8 Å². The molecule has 13 nitrogen and oxygen atoms in total. The summed E-state index contributed by atoms with van der Waals surface area (Å²) in [6.45, 7) is -0.454. The Labute approximate surface area is 171 Å². The van der Waals surface area contributed by atoms with Crippen molar-refractivity contribution in [2.75, 3.05) is 12.3 Å². The van der Waals surface area contributed by atoms with Crippen LogP contribution in [-0.2, 0) is 28.8 Å². The third kappa shape index (κ3) is 10.9. The summed E-state index contributed by atoms with van der Waals surface area (Å²) in [6, 6.07) is -4.02. The van der Waals surface area contributed by atoms with E-state index >= 15 is 0 Å². The number of nitrogens with one attached hydrogen (secondary N) is 3. The normalized spacial score (nSPS) is 13.4. The maximum absolute atomic E-state index is 12.5. The molecular weight excluding hydrogens is 410 g/mol. The van der Waals surface area contributed by atoms with E-state index in [0.717, 1.165) is 0 Å². The molecule has 0 aromatic heterocycles. The second-order valence-electron chi connectivity index (χ2n) is 5.90. The van der Waals surface area contributed by atoms with E-state index in [2.05, 4.69) is 28.6 Å². The molecule has 0 saturated heterocycles. The molecule has 0 saturated carbocycles. The fourth-order valence-electron chi connectivity index (χ4n) is 2.08. The van der Waals surface area contributed by atoms with Crippen LogP contribution in [-0.4, -0.2) is 76.2 Å². The first kappa shape index (κ1) is 26.1. The molecule has 0 bridgehead atoms. The van der Waals surface area contributed by atoms with E-state index in [4.69, 9.17) is 21.7 Å². The van der Waals surface area contributed by atoms with Gasteiger partial charge in [-0.25, -0.2) is 4.79 Å². The molecule has 0 radical (unpaired) electrons. The maximum atomic E-state index is 12.5. The molecule has 0 aliphatic heterocycles. The molecule has 0 aliphatic carbocycles. The highest BCUT2D eigenvalue weighted by Gasteiger charge is 2.29. The number of hydrogen-bond donors (Lipinski definition) is 8. The number of carboxylic acid groups (broad SMARTS) is 2. The smallest absolute Gasteiger partial charge is 0.327 e. The highest BCUT2D eigenvalue weighted by Crippen LogP contribution is 2.04. The van der Waals surface area contributed by atoms with Crippen molar-refractivity contribution in [3.05, 3.63) is 0 Å². The number of aliphatic carboxylic acids is 2. The lowest BCUT2D eigenvalue weighted by Crippen LogP contribution is -2.56. The fraction of sp³-hybridized carbons (Fsp3) is 0.600. The third-order valence-electron chi connectivity index (χ3n) is 3.59. The lowest BCUT2D eigenvalue weighted by molar-refractivity contribution is -0.141. The van der Waals surface area contributed by atoms with Gasteiger partial charge in [-0.05, 0) is 12.8 Å². The van der Waals surface area contributed by atoms with Gasteiger partial charge in [0.2, 0.25) is 23.6 Å². The van der Waals surface area contributed by atoms with Gasteiger partial charge in [-0.15, -0.1) is 0 Å². The average Bonchev–Trinajstić information content (AvgIpc) is 2.64. The number of carbonyl (C=O) groups is 6. The van der Waals surface area contributed by atoms with Gasteiger partial charge in [0, 0.05) is 18.6 Å². The number of carboxylic acids is 2. The fourth-order valence-corrected chi connectivity index (χ4v) is 2.32. The lowest BCUT2D eigenvalue weighted by Gasteiger charge is -2.23. The summed E-state index contributed by atoms with van der Waals surface area (Å²) in [5.41, 5.74) is 10.2. The minimum atomic E-state index is -1.36. The van der Waals surface area contributed by atoms with E-state index in [0.29, 0.717) is 0 Å². The molecule has 0 heterocycles. The molecular formula is C15H25N5O8S.